The molecule has 0 fully saturated rings. The van der Waals surface area contributed by atoms with E-state index in [-0.39, 0.29) is 16.8 Å². The van der Waals surface area contributed by atoms with E-state index in [2.05, 4.69) is 19.9 Å². The fourth-order valence-electron chi connectivity index (χ4n) is 4.14. The lowest BCUT2D eigenvalue weighted by molar-refractivity contribution is 0.411. The third-order valence-electron chi connectivity index (χ3n) is 5.76. The second-order valence-electron chi connectivity index (χ2n) is 8.13. The molecule has 8 bridgehead atoms. The predicted molar refractivity (Wildman–Crippen MR) is 129 cm³/mol. The Labute approximate surface area is 195 Å². The molecule has 4 aromatic rings. The number of nitrogen functional groups attached to an aromatic ring is 1. The van der Waals surface area contributed by atoms with Crippen molar-refractivity contribution in [3.05, 3.63) is 88.5 Å². The largest absolute Gasteiger partial charge is 0.396 e. The lowest BCUT2D eigenvalue weighted by Gasteiger charge is -2.06. The highest BCUT2D eigenvalue weighted by molar-refractivity contribution is 6.00. The van der Waals surface area contributed by atoms with Crippen LogP contribution in [0.15, 0.2) is 42.5 Å². The number of aromatic amines is 2. The Kier molecular flexibility index (Phi) is 4.60. The molecule has 0 amide bonds. The summed E-state index contributed by atoms with van der Waals surface area (Å²) < 4.78 is 56.6. The number of nitrogens with two attached hydrogens (primary N) is 1. The molecule has 4 N–H and O–H groups in total. The van der Waals surface area contributed by atoms with Gasteiger partial charge in [0.15, 0.2) is 23.3 Å². The summed E-state index contributed by atoms with van der Waals surface area (Å²) >= 11 is 0. The first kappa shape index (κ1) is 20.9. The number of hydrogen-bond donors (Lipinski definition) is 3. The van der Waals surface area contributed by atoms with Crippen molar-refractivity contribution in [3.8, 4) is 11.1 Å². The maximum absolute atomic E-state index is 14.8. The van der Waals surface area contributed by atoms with Gasteiger partial charge < -0.3 is 15.7 Å². The van der Waals surface area contributed by atoms with Crippen LogP contribution in [0.25, 0.3) is 57.5 Å². The highest BCUT2D eigenvalue weighted by Crippen LogP contribution is 2.38. The molecule has 5 nitrogen and oxygen atoms in total. The molecule has 0 unspecified atom stereocenters. The normalized spacial score (nSPS) is 12.5. The van der Waals surface area contributed by atoms with Crippen molar-refractivity contribution in [2.45, 2.75) is 0 Å². The van der Waals surface area contributed by atoms with Crippen molar-refractivity contribution >= 4 is 52.1 Å². The molecule has 0 radical (unpaired) electrons. The zero-order chi connectivity index (χ0) is 24.3. The lowest BCUT2D eigenvalue weighted by atomic mass is 10.0. The lowest BCUT2D eigenvalue weighted by Crippen LogP contribution is -1.99. The average molecular weight is 473 g/mol. The van der Waals surface area contributed by atoms with Gasteiger partial charge in [0.2, 0.25) is 0 Å². The Hall–Kier alpha value is -4.66. The van der Waals surface area contributed by atoms with E-state index in [9.17, 15) is 17.6 Å². The number of aromatic nitrogens is 4. The number of rotatable bonds is 1. The summed E-state index contributed by atoms with van der Waals surface area (Å²) in [4.78, 5) is 15.4. The summed E-state index contributed by atoms with van der Waals surface area (Å²) in [5, 5.41) is 0. The molecular formula is C26H15F4N5. The summed E-state index contributed by atoms with van der Waals surface area (Å²) in [7, 11) is 0. The first-order chi connectivity index (χ1) is 16.9. The van der Waals surface area contributed by atoms with E-state index < -0.39 is 28.8 Å². The van der Waals surface area contributed by atoms with Crippen molar-refractivity contribution in [1.29, 1.82) is 0 Å². The van der Waals surface area contributed by atoms with Gasteiger partial charge >= 0.3 is 0 Å². The van der Waals surface area contributed by atoms with Crippen LogP contribution in [0.2, 0.25) is 0 Å². The molecule has 0 spiro atoms. The fourth-order valence-corrected chi connectivity index (χ4v) is 4.14. The van der Waals surface area contributed by atoms with Crippen molar-refractivity contribution in [3.63, 3.8) is 0 Å². The van der Waals surface area contributed by atoms with Crippen LogP contribution in [0.4, 0.5) is 23.2 Å². The molecule has 0 saturated heterocycles. The molecule has 0 atom stereocenters. The summed E-state index contributed by atoms with van der Waals surface area (Å²) in [5.41, 5.74) is 10.5. The number of fused-ring (bicyclic) bond motifs is 8. The van der Waals surface area contributed by atoms with E-state index in [0.717, 1.165) is 11.0 Å². The highest BCUT2D eigenvalue weighted by atomic mass is 19.2. The van der Waals surface area contributed by atoms with Gasteiger partial charge in [-0.1, -0.05) is 0 Å². The molecule has 2 aliphatic heterocycles. The number of halogens is 4. The maximum Gasteiger partial charge on any atom is 0.198 e. The SMILES string of the molecule is Nc1c(-c2cc(F)c(F)c(F)c2F)c2cc3nc(cc4ccc(cc5nc(cc1[nH]2)C=C5)[nH]4)C=C3. The second kappa shape index (κ2) is 7.69. The molecule has 2 aliphatic rings. The van der Waals surface area contributed by atoms with Crippen molar-refractivity contribution in [2.75, 3.05) is 5.73 Å². The number of benzene rings is 1. The molecule has 3 aromatic heterocycles. The predicted octanol–water partition coefficient (Wildman–Crippen LogP) is 6.46. The number of hydrogen-bond acceptors (Lipinski definition) is 3. The van der Waals surface area contributed by atoms with E-state index in [0.29, 0.717) is 34.4 Å². The summed E-state index contributed by atoms with van der Waals surface area (Å²) in [5.74, 6) is -6.88. The summed E-state index contributed by atoms with van der Waals surface area (Å²) in [6, 6.07) is 11.3. The monoisotopic (exact) mass is 473 g/mol. The highest BCUT2D eigenvalue weighted by Gasteiger charge is 2.23. The van der Waals surface area contributed by atoms with Crippen molar-refractivity contribution in [1.82, 2.24) is 19.9 Å². The van der Waals surface area contributed by atoms with Gasteiger partial charge in [-0.05, 0) is 66.8 Å². The number of anilines is 1. The van der Waals surface area contributed by atoms with E-state index in [1.54, 1.807) is 30.4 Å². The van der Waals surface area contributed by atoms with Crippen molar-refractivity contribution < 1.29 is 17.6 Å². The van der Waals surface area contributed by atoms with Gasteiger partial charge in [-0.3, -0.25) is 0 Å². The third-order valence-corrected chi connectivity index (χ3v) is 5.76. The van der Waals surface area contributed by atoms with Gasteiger partial charge in [0, 0.05) is 22.2 Å². The molecule has 1 aromatic carbocycles. The quantitative estimate of drug-likeness (QED) is 0.146. The van der Waals surface area contributed by atoms with Crippen LogP contribution in [0.3, 0.4) is 0 Å². The third kappa shape index (κ3) is 3.57. The molecule has 172 valence electrons. The minimum atomic E-state index is -1.91. The van der Waals surface area contributed by atoms with Crippen LogP contribution < -0.4 is 5.73 Å². The number of nitrogens with zero attached hydrogens (tertiary/aromatic N) is 2. The van der Waals surface area contributed by atoms with Crippen molar-refractivity contribution in [2.24, 2.45) is 0 Å². The zero-order valence-corrected chi connectivity index (χ0v) is 17.8. The van der Waals surface area contributed by atoms with Gasteiger partial charge in [-0.2, -0.15) is 0 Å². The van der Waals surface area contributed by atoms with Crippen LogP contribution in [-0.4, -0.2) is 19.9 Å². The second-order valence-corrected chi connectivity index (χ2v) is 8.13. The Morgan fingerprint density at radius 3 is 1.74 bits per heavy atom. The molecule has 35 heavy (non-hydrogen) atoms. The molecule has 6 rings (SSSR count). The maximum atomic E-state index is 14.8. The molecule has 5 heterocycles. The van der Waals surface area contributed by atoms with Gasteiger partial charge in [-0.25, -0.2) is 27.5 Å². The number of H-pyrrole nitrogens is 2. The van der Waals surface area contributed by atoms with Gasteiger partial charge in [0.05, 0.1) is 39.5 Å². The Balaban J connectivity index is 1.73. The Bertz CT molecular complexity index is 1760. The molecule has 0 saturated carbocycles. The standard InChI is InChI=1S/C26H15F4N5/c27-19-11-18(23(28)25(30)24(19)29)22-20-9-16-5-3-14(33-16)7-12-1-2-13(32-12)8-15-4-6-17(34-15)10-21(35-20)26(22)31/h1-11,32,35H,31H2. The van der Waals surface area contributed by atoms with Crippen LogP contribution in [0.5, 0.6) is 0 Å². The first-order valence-electron chi connectivity index (χ1n) is 10.6. The number of nitrogens with one attached hydrogen (secondary N) is 2. The summed E-state index contributed by atoms with van der Waals surface area (Å²) in [6.45, 7) is 0. The van der Waals surface area contributed by atoms with Gasteiger partial charge in [0.1, 0.15) is 0 Å². The van der Waals surface area contributed by atoms with Crippen LogP contribution in [0, 0.1) is 23.3 Å². The molecular weight excluding hydrogens is 458 g/mol. The van der Waals surface area contributed by atoms with Gasteiger partial charge in [-0.15, -0.1) is 0 Å². The molecule has 0 aliphatic carbocycles. The van der Waals surface area contributed by atoms with E-state index in [1.165, 1.54) is 0 Å². The Morgan fingerprint density at radius 1 is 0.600 bits per heavy atom. The summed E-state index contributed by atoms with van der Waals surface area (Å²) in [6.07, 6.45) is 7.11. The zero-order valence-electron chi connectivity index (χ0n) is 17.8. The van der Waals surface area contributed by atoms with Crippen LogP contribution in [-0.2, 0) is 0 Å². The topological polar surface area (TPSA) is 83.4 Å². The van der Waals surface area contributed by atoms with E-state index in [1.807, 2.05) is 30.3 Å². The van der Waals surface area contributed by atoms with Crippen LogP contribution in [0.1, 0.15) is 22.8 Å². The Morgan fingerprint density at radius 2 is 1.14 bits per heavy atom. The molecule has 9 heteroatoms. The van der Waals surface area contributed by atoms with Crippen LogP contribution >= 0.6 is 0 Å². The fraction of sp³-hybridized carbons (Fsp3) is 0. The van der Waals surface area contributed by atoms with E-state index >= 15 is 0 Å². The van der Waals surface area contributed by atoms with Gasteiger partial charge in [0.25, 0.3) is 0 Å². The minimum absolute atomic E-state index is 0.0173. The minimum Gasteiger partial charge on any atom is -0.396 e. The first-order valence-corrected chi connectivity index (χ1v) is 10.6. The smallest absolute Gasteiger partial charge is 0.198 e. The average Bonchev–Trinajstić information content (AvgIpc) is 3.61. The van der Waals surface area contributed by atoms with E-state index in [4.69, 9.17) is 5.73 Å².